The van der Waals surface area contributed by atoms with E-state index >= 15 is 0 Å². The Morgan fingerprint density at radius 2 is 1.89 bits per heavy atom. The summed E-state index contributed by atoms with van der Waals surface area (Å²) in [4.78, 5) is 23.5. The Morgan fingerprint density at radius 1 is 1.11 bits per heavy atom. The lowest BCUT2D eigenvalue weighted by atomic mass is 10.1. The molecule has 0 fully saturated rings. The molecule has 0 atom stereocenters. The average molecular weight is 364 g/mol. The van der Waals surface area contributed by atoms with Crippen molar-refractivity contribution in [3.63, 3.8) is 0 Å². The topological polar surface area (TPSA) is 80.9 Å². The second-order valence-corrected chi connectivity index (χ2v) is 6.24. The molecule has 138 valence electrons. The molecule has 0 aliphatic heterocycles. The van der Waals surface area contributed by atoms with Crippen molar-refractivity contribution in [1.82, 2.24) is 5.43 Å². The number of fused-ring (bicyclic) bond motifs is 1. The minimum Gasteiger partial charge on any atom is -0.484 e. The van der Waals surface area contributed by atoms with Gasteiger partial charge in [0.2, 0.25) is 0 Å². The van der Waals surface area contributed by atoms with Crippen molar-refractivity contribution in [3.05, 3.63) is 75.6 Å². The number of ether oxygens (including phenoxy) is 1. The Kier molecular flexibility index (Phi) is 5.35. The van der Waals surface area contributed by atoms with E-state index in [-0.39, 0.29) is 12.5 Å². The van der Waals surface area contributed by atoms with Crippen LogP contribution in [0.2, 0.25) is 0 Å². The number of hydrogen-bond donors (Lipinski definition) is 1. The molecule has 1 N–H and O–H groups in total. The number of rotatable bonds is 5. The zero-order chi connectivity index (χ0) is 19.4. The molecule has 6 nitrogen and oxygen atoms in total. The molecular formula is C21H20N2O4. The Morgan fingerprint density at radius 3 is 2.67 bits per heavy atom. The van der Waals surface area contributed by atoms with Crippen LogP contribution in [-0.2, 0) is 4.79 Å². The van der Waals surface area contributed by atoms with Gasteiger partial charge in [-0.15, -0.1) is 0 Å². The third kappa shape index (κ3) is 4.41. The summed E-state index contributed by atoms with van der Waals surface area (Å²) in [7, 11) is 0. The Labute approximate surface area is 156 Å². The summed E-state index contributed by atoms with van der Waals surface area (Å²) in [5, 5.41) is 4.94. The molecule has 0 aliphatic carbocycles. The number of amides is 1. The van der Waals surface area contributed by atoms with Gasteiger partial charge < -0.3 is 9.15 Å². The van der Waals surface area contributed by atoms with Crippen molar-refractivity contribution in [2.24, 2.45) is 5.10 Å². The first-order valence-corrected chi connectivity index (χ1v) is 8.50. The van der Waals surface area contributed by atoms with Crippen LogP contribution in [0.5, 0.6) is 5.75 Å². The SMILES string of the molecule is C/C(=N/NC(=O)COc1ccc2c(C)cc(=O)oc2c1)c1ccccc1C. The maximum atomic E-state index is 12.0. The zero-order valence-corrected chi connectivity index (χ0v) is 15.4. The van der Waals surface area contributed by atoms with Crippen LogP contribution in [0.3, 0.4) is 0 Å². The van der Waals surface area contributed by atoms with E-state index in [9.17, 15) is 9.59 Å². The molecule has 0 aliphatic rings. The first kappa shape index (κ1) is 18.4. The van der Waals surface area contributed by atoms with Crippen molar-refractivity contribution < 1.29 is 13.9 Å². The normalized spacial score (nSPS) is 11.4. The van der Waals surface area contributed by atoms with Crippen molar-refractivity contribution in [2.75, 3.05) is 6.61 Å². The van der Waals surface area contributed by atoms with Gasteiger partial charge in [0.15, 0.2) is 6.61 Å². The van der Waals surface area contributed by atoms with Gasteiger partial charge in [0.1, 0.15) is 11.3 Å². The van der Waals surface area contributed by atoms with Gasteiger partial charge in [0.25, 0.3) is 5.91 Å². The Balaban J connectivity index is 1.64. The van der Waals surface area contributed by atoms with E-state index in [1.807, 2.05) is 45.0 Å². The zero-order valence-electron chi connectivity index (χ0n) is 15.4. The molecule has 6 heteroatoms. The molecule has 0 spiro atoms. The van der Waals surface area contributed by atoms with Gasteiger partial charge in [-0.25, -0.2) is 10.2 Å². The predicted molar refractivity (Wildman–Crippen MR) is 104 cm³/mol. The van der Waals surface area contributed by atoms with Crippen molar-refractivity contribution in [3.8, 4) is 5.75 Å². The van der Waals surface area contributed by atoms with E-state index < -0.39 is 5.63 Å². The van der Waals surface area contributed by atoms with E-state index in [0.29, 0.717) is 17.0 Å². The first-order chi connectivity index (χ1) is 12.9. The lowest BCUT2D eigenvalue weighted by Crippen LogP contribution is -2.25. The minimum atomic E-state index is -0.420. The smallest absolute Gasteiger partial charge is 0.336 e. The molecule has 1 amide bonds. The third-order valence-electron chi connectivity index (χ3n) is 4.18. The van der Waals surface area contributed by atoms with Gasteiger partial charge >= 0.3 is 5.63 Å². The summed E-state index contributed by atoms with van der Waals surface area (Å²) >= 11 is 0. The van der Waals surface area contributed by atoms with E-state index in [1.54, 1.807) is 18.2 Å². The fourth-order valence-electron chi connectivity index (χ4n) is 2.76. The lowest BCUT2D eigenvalue weighted by molar-refractivity contribution is -0.123. The number of hydrazone groups is 1. The van der Waals surface area contributed by atoms with Crippen molar-refractivity contribution in [2.45, 2.75) is 20.8 Å². The van der Waals surface area contributed by atoms with Crippen LogP contribution in [-0.4, -0.2) is 18.2 Å². The summed E-state index contributed by atoms with van der Waals surface area (Å²) in [6, 6.07) is 14.4. The van der Waals surface area contributed by atoms with Crippen molar-refractivity contribution >= 4 is 22.6 Å². The maximum Gasteiger partial charge on any atom is 0.336 e. The van der Waals surface area contributed by atoms with E-state index in [0.717, 1.165) is 22.1 Å². The van der Waals surface area contributed by atoms with Crippen LogP contribution < -0.4 is 15.8 Å². The monoisotopic (exact) mass is 364 g/mol. The summed E-state index contributed by atoms with van der Waals surface area (Å²) in [6.45, 7) is 5.45. The van der Waals surface area contributed by atoms with Crippen LogP contribution in [0, 0.1) is 13.8 Å². The van der Waals surface area contributed by atoms with Crippen LogP contribution in [0.4, 0.5) is 0 Å². The Bertz CT molecular complexity index is 1080. The van der Waals surface area contributed by atoms with Crippen LogP contribution in [0.15, 0.2) is 62.8 Å². The number of benzene rings is 2. The van der Waals surface area contributed by atoms with Gasteiger partial charge in [-0.3, -0.25) is 4.79 Å². The number of carbonyl (C=O) groups is 1. The van der Waals surface area contributed by atoms with Crippen LogP contribution in [0.25, 0.3) is 11.0 Å². The van der Waals surface area contributed by atoms with E-state index in [2.05, 4.69) is 10.5 Å². The molecule has 0 unspecified atom stereocenters. The largest absolute Gasteiger partial charge is 0.484 e. The third-order valence-corrected chi connectivity index (χ3v) is 4.18. The van der Waals surface area contributed by atoms with Gasteiger partial charge in [-0.2, -0.15) is 5.10 Å². The number of aryl methyl sites for hydroxylation is 2. The summed E-state index contributed by atoms with van der Waals surface area (Å²) in [5.74, 6) is 0.0553. The quantitative estimate of drug-likeness (QED) is 0.428. The number of carbonyl (C=O) groups excluding carboxylic acids is 1. The number of hydrogen-bond acceptors (Lipinski definition) is 5. The van der Waals surface area contributed by atoms with Crippen LogP contribution in [0.1, 0.15) is 23.6 Å². The molecule has 0 bridgehead atoms. The minimum absolute atomic E-state index is 0.202. The molecule has 3 aromatic rings. The summed E-state index contributed by atoms with van der Waals surface area (Å²) in [5.41, 5.74) is 6.08. The molecule has 1 heterocycles. The molecule has 27 heavy (non-hydrogen) atoms. The van der Waals surface area contributed by atoms with E-state index in [4.69, 9.17) is 9.15 Å². The van der Waals surface area contributed by atoms with Gasteiger partial charge in [0.05, 0.1) is 5.71 Å². The molecular weight excluding hydrogens is 344 g/mol. The van der Waals surface area contributed by atoms with E-state index in [1.165, 1.54) is 6.07 Å². The lowest BCUT2D eigenvalue weighted by Gasteiger charge is -2.08. The fraction of sp³-hybridized carbons (Fsp3) is 0.190. The highest BCUT2D eigenvalue weighted by Gasteiger charge is 2.07. The van der Waals surface area contributed by atoms with Gasteiger partial charge in [0, 0.05) is 23.1 Å². The first-order valence-electron chi connectivity index (χ1n) is 8.50. The number of nitrogens with one attached hydrogen (secondary N) is 1. The highest BCUT2D eigenvalue weighted by molar-refractivity contribution is 6.00. The molecule has 0 saturated carbocycles. The second-order valence-electron chi connectivity index (χ2n) is 6.24. The molecule has 0 saturated heterocycles. The molecule has 3 rings (SSSR count). The summed E-state index contributed by atoms with van der Waals surface area (Å²) in [6.07, 6.45) is 0. The molecule has 1 aromatic heterocycles. The van der Waals surface area contributed by atoms with Gasteiger partial charge in [-0.05, 0) is 44.0 Å². The standard InChI is InChI=1S/C21H20N2O4/c1-13-6-4-5-7-17(13)15(3)22-23-20(24)12-26-16-8-9-18-14(2)10-21(25)27-19(18)11-16/h4-11H,12H2,1-3H3,(H,23,24)/b22-15-. The predicted octanol–water partition coefficient (Wildman–Crippen LogP) is 3.33. The maximum absolute atomic E-state index is 12.0. The Hall–Kier alpha value is -3.41. The summed E-state index contributed by atoms with van der Waals surface area (Å²) < 4.78 is 10.6. The van der Waals surface area contributed by atoms with Gasteiger partial charge in [-0.1, -0.05) is 24.3 Å². The molecule has 0 radical (unpaired) electrons. The van der Waals surface area contributed by atoms with Crippen LogP contribution >= 0.6 is 0 Å². The second kappa shape index (κ2) is 7.86. The number of nitrogens with zero attached hydrogens (tertiary/aromatic N) is 1. The average Bonchev–Trinajstić information content (AvgIpc) is 2.64. The fourth-order valence-corrected chi connectivity index (χ4v) is 2.76. The highest BCUT2D eigenvalue weighted by atomic mass is 16.5. The molecule has 2 aromatic carbocycles. The highest BCUT2D eigenvalue weighted by Crippen LogP contribution is 2.22. The van der Waals surface area contributed by atoms with Crippen molar-refractivity contribution in [1.29, 1.82) is 0 Å².